The van der Waals surface area contributed by atoms with Crippen molar-refractivity contribution in [2.24, 2.45) is 14.1 Å². The molecule has 0 amide bonds. The normalized spacial score (nSPS) is 12.9. The maximum absolute atomic E-state index is 12.9. The highest BCUT2D eigenvalue weighted by atomic mass is 35.5. The quantitative estimate of drug-likeness (QED) is 0.712. The minimum Gasteiger partial charge on any atom is -0.390 e. The highest BCUT2D eigenvalue weighted by Crippen LogP contribution is 2.30. The van der Waals surface area contributed by atoms with E-state index in [0.717, 1.165) is 10.1 Å². The summed E-state index contributed by atoms with van der Waals surface area (Å²) < 4.78 is 4.36. The van der Waals surface area contributed by atoms with Crippen LogP contribution in [-0.2, 0) is 20.6 Å². The Morgan fingerprint density at radius 1 is 1.19 bits per heavy atom. The number of aryl methyl sites for hydroxylation is 1. The van der Waals surface area contributed by atoms with Gasteiger partial charge in [-0.2, -0.15) is 0 Å². The molecule has 1 unspecified atom stereocenters. The second kappa shape index (κ2) is 7.34. The molecular weight excluding hydrogens is 368 g/mol. The summed E-state index contributed by atoms with van der Waals surface area (Å²) in [6.45, 7) is 0.756. The molecule has 0 aliphatic heterocycles. The van der Waals surface area contributed by atoms with Gasteiger partial charge in [0.25, 0.3) is 5.56 Å². The molecule has 0 radical (unpaired) electrons. The molecule has 0 saturated heterocycles. The molecule has 2 aromatic heterocycles. The third kappa shape index (κ3) is 3.58. The molecule has 1 aromatic carbocycles. The summed E-state index contributed by atoms with van der Waals surface area (Å²) in [5, 5.41) is 11.4. The van der Waals surface area contributed by atoms with Gasteiger partial charge in [-0.1, -0.05) is 23.7 Å². The second-order valence-electron chi connectivity index (χ2n) is 7.02. The second-order valence-corrected chi connectivity index (χ2v) is 7.46. The minimum atomic E-state index is -0.638. The van der Waals surface area contributed by atoms with Crippen molar-refractivity contribution in [1.82, 2.24) is 18.6 Å². The van der Waals surface area contributed by atoms with Gasteiger partial charge in [-0.05, 0) is 26.2 Å². The summed E-state index contributed by atoms with van der Waals surface area (Å²) in [7, 11) is 6.86. The fraction of sp³-hybridized carbons (Fsp3) is 0.368. The summed E-state index contributed by atoms with van der Waals surface area (Å²) in [5.41, 5.74) is 1.15. The molecule has 3 aromatic rings. The number of halogens is 1. The lowest BCUT2D eigenvalue weighted by molar-refractivity contribution is 0.120. The highest BCUT2D eigenvalue weighted by Gasteiger charge is 2.21. The van der Waals surface area contributed by atoms with E-state index in [2.05, 4.69) is 0 Å². The first-order valence-corrected chi connectivity index (χ1v) is 8.96. The number of hydrogen-bond acceptors (Lipinski definition) is 4. The maximum atomic E-state index is 12.9. The third-order valence-electron chi connectivity index (χ3n) is 4.59. The van der Waals surface area contributed by atoms with Gasteiger partial charge in [0.1, 0.15) is 0 Å². The molecule has 0 aliphatic carbocycles. The van der Waals surface area contributed by atoms with E-state index in [1.165, 1.54) is 11.6 Å². The van der Waals surface area contributed by atoms with E-state index in [4.69, 9.17) is 11.6 Å². The number of aliphatic hydroxyl groups excluding tert-OH is 1. The van der Waals surface area contributed by atoms with Gasteiger partial charge in [0.15, 0.2) is 0 Å². The van der Waals surface area contributed by atoms with Crippen LogP contribution in [0.3, 0.4) is 0 Å². The van der Waals surface area contributed by atoms with Crippen molar-refractivity contribution in [2.45, 2.75) is 12.6 Å². The molecular formula is C19H23ClN4O3. The van der Waals surface area contributed by atoms with Crippen LogP contribution in [0.15, 0.2) is 40.1 Å². The molecule has 1 N–H and O–H groups in total. The first-order valence-electron chi connectivity index (χ1n) is 8.58. The van der Waals surface area contributed by atoms with Crippen LogP contribution in [0, 0.1) is 0 Å². The predicted molar refractivity (Wildman–Crippen MR) is 107 cm³/mol. The first kappa shape index (κ1) is 19.4. The molecule has 0 bridgehead atoms. The van der Waals surface area contributed by atoms with Gasteiger partial charge in [-0.3, -0.25) is 13.9 Å². The summed E-state index contributed by atoms with van der Waals surface area (Å²) in [5.74, 6) is 0. The van der Waals surface area contributed by atoms with Crippen molar-refractivity contribution in [3.63, 3.8) is 0 Å². The van der Waals surface area contributed by atoms with Crippen molar-refractivity contribution in [3.8, 4) is 11.3 Å². The Bertz CT molecular complexity index is 1110. The number of aliphatic hydroxyl groups is 1. The fourth-order valence-electron chi connectivity index (χ4n) is 3.39. The maximum Gasteiger partial charge on any atom is 0.330 e. The zero-order valence-corrected chi connectivity index (χ0v) is 16.6. The van der Waals surface area contributed by atoms with E-state index in [0.29, 0.717) is 28.2 Å². The Morgan fingerprint density at radius 3 is 2.52 bits per heavy atom. The van der Waals surface area contributed by atoms with Crippen LogP contribution in [-0.4, -0.2) is 50.5 Å². The van der Waals surface area contributed by atoms with Gasteiger partial charge >= 0.3 is 5.69 Å². The lowest BCUT2D eigenvalue weighted by atomic mass is 10.1. The Balaban J connectivity index is 2.33. The molecule has 0 spiro atoms. The van der Waals surface area contributed by atoms with E-state index in [9.17, 15) is 14.7 Å². The van der Waals surface area contributed by atoms with Gasteiger partial charge < -0.3 is 14.6 Å². The fourth-order valence-corrected chi connectivity index (χ4v) is 3.58. The molecule has 0 saturated carbocycles. The molecule has 8 heteroatoms. The Morgan fingerprint density at radius 2 is 1.89 bits per heavy atom. The Hall–Kier alpha value is -2.35. The van der Waals surface area contributed by atoms with Crippen LogP contribution < -0.4 is 11.2 Å². The van der Waals surface area contributed by atoms with Gasteiger partial charge in [0.2, 0.25) is 0 Å². The van der Waals surface area contributed by atoms with Crippen LogP contribution in [0.1, 0.15) is 0 Å². The van der Waals surface area contributed by atoms with E-state index < -0.39 is 11.8 Å². The molecule has 144 valence electrons. The topological polar surface area (TPSA) is 72.4 Å². The lowest BCUT2D eigenvalue weighted by Crippen LogP contribution is -2.36. The molecule has 0 aliphatic rings. The Kier molecular flexibility index (Phi) is 5.28. The minimum absolute atomic E-state index is 0.284. The third-order valence-corrected chi connectivity index (χ3v) is 4.83. The lowest BCUT2D eigenvalue weighted by Gasteiger charge is -2.18. The van der Waals surface area contributed by atoms with Gasteiger partial charge in [0, 0.05) is 44.0 Å². The van der Waals surface area contributed by atoms with Crippen LogP contribution in [0.2, 0.25) is 5.02 Å². The van der Waals surface area contributed by atoms with Crippen LogP contribution in [0.5, 0.6) is 0 Å². The van der Waals surface area contributed by atoms with Crippen LogP contribution in [0.4, 0.5) is 0 Å². The van der Waals surface area contributed by atoms with Gasteiger partial charge in [-0.15, -0.1) is 0 Å². The zero-order valence-electron chi connectivity index (χ0n) is 15.8. The first-order chi connectivity index (χ1) is 12.7. The SMILES string of the molecule is CN(C)CC(O)Cn1cc2c(c1-c1cccc(Cl)c1)c(=O)n(C)c(=O)n2C. The number of nitrogens with zero attached hydrogens (tertiary/aromatic N) is 4. The van der Waals surface area contributed by atoms with Crippen molar-refractivity contribution < 1.29 is 5.11 Å². The average molecular weight is 391 g/mol. The van der Waals surface area contributed by atoms with Gasteiger partial charge in [-0.25, -0.2) is 4.79 Å². The number of benzene rings is 1. The summed E-state index contributed by atoms with van der Waals surface area (Å²) in [6, 6.07) is 7.20. The monoisotopic (exact) mass is 390 g/mol. The predicted octanol–water partition coefficient (Wildman–Crippen LogP) is 1.28. The molecule has 1 atom stereocenters. The summed E-state index contributed by atoms with van der Waals surface area (Å²) in [6.07, 6.45) is 1.10. The molecule has 3 rings (SSSR count). The molecule has 27 heavy (non-hydrogen) atoms. The summed E-state index contributed by atoms with van der Waals surface area (Å²) >= 11 is 6.16. The molecule has 0 fully saturated rings. The largest absolute Gasteiger partial charge is 0.390 e. The van der Waals surface area contributed by atoms with E-state index in [1.807, 2.05) is 35.7 Å². The van der Waals surface area contributed by atoms with E-state index >= 15 is 0 Å². The standard InChI is InChI=1S/C19H23ClN4O3/c1-21(2)9-14(25)10-24-11-15-16(18(26)23(4)19(27)22(15)3)17(24)12-6-5-7-13(20)8-12/h5-8,11,14,25H,9-10H2,1-4H3. The smallest absolute Gasteiger partial charge is 0.330 e. The Labute approximate surface area is 161 Å². The van der Waals surface area contributed by atoms with Crippen molar-refractivity contribution in [3.05, 3.63) is 56.3 Å². The average Bonchev–Trinajstić information content (AvgIpc) is 2.96. The van der Waals surface area contributed by atoms with Crippen molar-refractivity contribution >= 4 is 22.5 Å². The number of likely N-dealkylation sites (N-methyl/N-ethyl adjacent to an activating group) is 1. The number of rotatable bonds is 5. The number of fused-ring (bicyclic) bond motifs is 1. The number of aromatic nitrogens is 3. The van der Waals surface area contributed by atoms with Gasteiger partial charge in [0.05, 0.1) is 22.7 Å². The van der Waals surface area contributed by atoms with Crippen molar-refractivity contribution in [1.29, 1.82) is 0 Å². The number of hydrogen-bond donors (Lipinski definition) is 1. The van der Waals surface area contributed by atoms with Crippen molar-refractivity contribution in [2.75, 3.05) is 20.6 Å². The summed E-state index contributed by atoms with van der Waals surface area (Å²) in [4.78, 5) is 27.1. The van der Waals surface area contributed by atoms with E-state index in [1.54, 1.807) is 25.4 Å². The van der Waals surface area contributed by atoms with Crippen LogP contribution in [0.25, 0.3) is 22.2 Å². The van der Waals surface area contributed by atoms with E-state index in [-0.39, 0.29) is 12.1 Å². The highest BCUT2D eigenvalue weighted by molar-refractivity contribution is 6.30. The molecule has 7 nitrogen and oxygen atoms in total. The molecule has 2 heterocycles. The zero-order chi connectivity index (χ0) is 19.9. The van der Waals surface area contributed by atoms with Crippen LogP contribution >= 0.6 is 11.6 Å².